The Labute approximate surface area is 98.4 Å². The highest BCUT2D eigenvalue weighted by molar-refractivity contribution is 5.41. The van der Waals surface area contributed by atoms with Gasteiger partial charge in [-0.1, -0.05) is 0 Å². The molecule has 0 saturated heterocycles. The molecule has 0 aromatic carbocycles. The van der Waals surface area contributed by atoms with Gasteiger partial charge < -0.3 is 10.6 Å². The number of anilines is 1. The molecule has 0 radical (unpaired) electrons. The third kappa shape index (κ3) is 3.09. The van der Waals surface area contributed by atoms with E-state index >= 15 is 0 Å². The van der Waals surface area contributed by atoms with Crippen molar-refractivity contribution in [3.05, 3.63) is 23.9 Å². The molecule has 1 aromatic heterocycles. The second-order valence-corrected chi connectivity index (χ2v) is 4.48. The van der Waals surface area contributed by atoms with E-state index < -0.39 is 11.7 Å². The van der Waals surface area contributed by atoms with Crippen LogP contribution in [0.25, 0.3) is 0 Å². The minimum absolute atomic E-state index is 0.354. The summed E-state index contributed by atoms with van der Waals surface area (Å²) in [5, 5.41) is 0. The lowest BCUT2D eigenvalue weighted by molar-refractivity contribution is -0.137. The summed E-state index contributed by atoms with van der Waals surface area (Å²) in [7, 11) is 1.75. The van der Waals surface area contributed by atoms with Crippen molar-refractivity contribution in [2.24, 2.45) is 5.73 Å². The number of hydrogen-bond acceptors (Lipinski definition) is 3. The third-order valence-corrected chi connectivity index (χ3v) is 2.83. The fourth-order valence-electron chi connectivity index (χ4n) is 1.20. The number of alkyl halides is 3. The number of nitrogens with two attached hydrogens (primary N) is 1. The summed E-state index contributed by atoms with van der Waals surface area (Å²) < 4.78 is 37.0. The van der Waals surface area contributed by atoms with Crippen molar-refractivity contribution in [2.45, 2.75) is 25.6 Å². The zero-order chi connectivity index (χ0) is 13.3. The van der Waals surface area contributed by atoms with Crippen molar-refractivity contribution in [1.29, 1.82) is 0 Å². The average Bonchev–Trinajstić information content (AvgIpc) is 2.27. The summed E-state index contributed by atoms with van der Waals surface area (Å²) in [5.41, 5.74) is 4.49. The van der Waals surface area contributed by atoms with Crippen molar-refractivity contribution in [3.8, 4) is 0 Å². The van der Waals surface area contributed by atoms with Crippen LogP contribution >= 0.6 is 0 Å². The normalized spacial score (nSPS) is 12.6. The van der Waals surface area contributed by atoms with Gasteiger partial charge in [-0.2, -0.15) is 13.2 Å². The van der Waals surface area contributed by atoms with Crippen LogP contribution in [-0.4, -0.2) is 24.1 Å². The molecule has 3 nitrogen and oxygen atoms in total. The molecule has 1 rings (SSSR count). The van der Waals surface area contributed by atoms with Crippen molar-refractivity contribution >= 4 is 5.82 Å². The molecule has 0 aliphatic heterocycles. The Balaban J connectivity index is 2.96. The molecule has 0 bridgehead atoms. The molecule has 0 unspecified atom stereocenters. The minimum atomic E-state index is -4.35. The smallest absolute Gasteiger partial charge is 0.353 e. The van der Waals surface area contributed by atoms with Gasteiger partial charge >= 0.3 is 6.18 Å². The predicted octanol–water partition coefficient (Wildman–Crippen LogP) is 2.27. The SMILES string of the molecule is CN(c1ccc(C(F)(F)F)cn1)C(C)(C)CN. The first kappa shape index (κ1) is 13.8. The molecule has 0 spiro atoms. The van der Waals surface area contributed by atoms with Crippen LogP contribution < -0.4 is 10.6 Å². The lowest BCUT2D eigenvalue weighted by atomic mass is 10.0. The zero-order valence-electron chi connectivity index (χ0n) is 10.0. The first-order chi connectivity index (χ1) is 7.68. The van der Waals surface area contributed by atoms with Crippen LogP contribution in [0.1, 0.15) is 19.4 Å². The Morgan fingerprint density at radius 2 is 1.88 bits per heavy atom. The van der Waals surface area contributed by atoms with Crippen LogP contribution in [0.3, 0.4) is 0 Å². The van der Waals surface area contributed by atoms with Crippen LogP contribution in [0.2, 0.25) is 0 Å². The zero-order valence-corrected chi connectivity index (χ0v) is 10.0. The number of aromatic nitrogens is 1. The maximum absolute atomic E-state index is 12.3. The molecule has 6 heteroatoms. The van der Waals surface area contributed by atoms with Gasteiger partial charge in [0.1, 0.15) is 5.82 Å². The Morgan fingerprint density at radius 3 is 2.24 bits per heavy atom. The van der Waals surface area contributed by atoms with E-state index in [2.05, 4.69) is 4.98 Å². The minimum Gasteiger partial charge on any atom is -0.353 e. The van der Waals surface area contributed by atoms with Gasteiger partial charge in [-0.3, -0.25) is 0 Å². The molecule has 96 valence electrons. The highest BCUT2D eigenvalue weighted by atomic mass is 19.4. The van der Waals surface area contributed by atoms with E-state index in [1.54, 1.807) is 11.9 Å². The number of likely N-dealkylation sites (N-methyl/N-ethyl adjacent to an activating group) is 1. The van der Waals surface area contributed by atoms with Crippen LogP contribution in [-0.2, 0) is 6.18 Å². The molecule has 1 aromatic rings. The molecule has 0 aliphatic carbocycles. The fraction of sp³-hybridized carbons (Fsp3) is 0.545. The van der Waals surface area contributed by atoms with Crippen molar-refractivity contribution in [1.82, 2.24) is 4.98 Å². The number of hydrogen-bond donors (Lipinski definition) is 1. The summed E-state index contributed by atoms with van der Waals surface area (Å²) in [6.07, 6.45) is -3.52. The van der Waals surface area contributed by atoms with Gasteiger partial charge in [0.15, 0.2) is 0 Å². The van der Waals surface area contributed by atoms with Gasteiger partial charge in [-0.15, -0.1) is 0 Å². The van der Waals surface area contributed by atoms with E-state index in [1.165, 1.54) is 6.07 Å². The Kier molecular flexibility index (Phi) is 3.66. The summed E-state index contributed by atoms with van der Waals surface area (Å²) in [5.74, 6) is 0.466. The maximum atomic E-state index is 12.3. The lowest BCUT2D eigenvalue weighted by Gasteiger charge is -2.35. The largest absolute Gasteiger partial charge is 0.417 e. The van der Waals surface area contributed by atoms with Crippen LogP contribution in [0.4, 0.5) is 19.0 Å². The van der Waals surface area contributed by atoms with Gasteiger partial charge in [0.05, 0.1) is 5.56 Å². The summed E-state index contributed by atoms with van der Waals surface area (Å²) >= 11 is 0. The molecular weight excluding hydrogens is 231 g/mol. The average molecular weight is 247 g/mol. The van der Waals surface area contributed by atoms with Gasteiger partial charge in [-0.25, -0.2) is 4.98 Å². The van der Waals surface area contributed by atoms with Crippen molar-refractivity contribution in [2.75, 3.05) is 18.5 Å². The predicted molar refractivity (Wildman–Crippen MR) is 60.8 cm³/mol. The van der Waals surface area contributed by atoms with E-state index in [0.717, 1.165) is 12.3 Å². The Hall–Kier alpha value is -1.30. The van der Waals surface area contributed by atoms with E-state index in [4.69, 9.17) is 5.73 Å². The van der Waals surface area contributed by atoms with E-state index in [0.29, 0.717) is 12.4 Å². The van der Waals surface area contributed by atoms with E-state index in [-0.39, 0.29) is 5.54 Å². The lowest BCUT2D eigenvalue weighted by Crippen LogP contribution is -2.47. The molecule has 1 heterocycles. The molecule has 2 N–H and O–H groups in total. The molecule has 0 fully saturated rings. The third-order valence-electron chi connectivity index (χ3n) is 2.83. The van der Waals surface area contributed by atoms with Crippen LogP contribution in [0.15, 0.2) is 18.3 Å². The van der Waals surface area contributed by atoms with Gasteiger partial charge in [0.2, 0.25) is 0 Å². The van der Waals surface area contributed by atoms with Crippen LogP contribution in [0.5, 0.6) is 0 Å². The number of halogens is 3. The quantitative estimate of drug-likeness (QED) is 0.891. The monoisotopic (exact) mass is 247 g/mol. The second-order valence-electron chi connectivity index (χ2n) is 4.48. The molecule has 0 aliphatic rings. The molecule has 17 heavy (non-hydrogen) atoms. The number of nitrogens with zero attached hydrogens (tertiary/aromatic N) is 2. The molecule has 0 amide bonds. The molecule has 0 saturated carbocycles. The van der Waals surface area contributed by atoms with Gasteiger partial charge in [0, 0.05) is 25.3 Å². The Bertz CT molecular complexity index is 371. The van der Waals surface area contributed by atoms with Gasteiger partial charge in [0.25, 0.3) is 0 Å². The Morgan fingerprint density at radius 1 is 1.29 bits per heavy atom. The van der Waals surface area contributed by atoms with E-state index in [1.807, 2.05) is 13.8 Å². The molecule has 0 atom stereocenters. The van der Waals surface area contributed by atoms with E-state index in [9.17, 15) is 13.2 Å². The summed E-state index contributed by atoms with van der Waals surface area (Å²) in [6.45, 7) is 4.17. The number of pyridine rings is 1. The topological polar surface area (TPSA) is 42.2 Å². The van der Waals surface area contributed by atoms with Gasteiger partial charge in [-0.05, 0) is 26.0 Å². The van der Waals surface area contributed by atoms with Crippen molar-refractivity contribution in [3.63, 3.8) is 0 Å². The summed E-state index contributed by atoms with van der Waals surface area (Å²) in [4.78, 5) is 5.57. The first-order valence-electron chi connectivity index (χ1n) is 5.15. The summed E-state index contributed by atoms with van der Waals surface area (Å²) in [6, 6.07) is 2.37. The maximum Gasteiger partial charge on any atom is 0.417 e. The molecular formula is C11H16F3N3. The highest BCUT2D eigenvalue weighted by Crippen LogP contribution is 2.30. The fourth-order valence-corrected chi connectivity index (χ4v) is 1.20. The van der Waals surface area contributed by atoms with Crippen LogP contribution in [0, 0.1) is 0 Å². The second kappa shape index (κ2) is 4.52. The standard InChI is InChI=1S/C11H16F3N3/c1-10(2,7-15)17(3)9-5-4-8(6-16-9)11(12,13)14/h4-6H,7,15H2,1-3H3. The first-order valence-corrected chi connectivity index (χ1v) is 5.15. The number of rotatable bonds is 3. The van der Waals surface area contributed by atoms with Crippen molar-refractivity contribution < 1.29 is 13.2 Å². The highest BCUT2D eigenvalue weighted by Gasteiger charge is 2.31.